The van der Waals surface area contributed by atoms with Crippen LogP contribution in [0.4, 0.5) is 0 Å². The van der Waals surface area contributed by atoms with Gasteiger partial charge in [-0.2, -0.15) is 5.10 Å². The fourth-order valence-corrected chi connectivity index (χ4v) is 2.30. The molecule has 0 radical (unpaired) electrons. The summed E-state index contributed by atoms with van der Waals surface area (Å²) < 4.78 is 1.99. The van der Waals surface area contributed by atoms with E-state index in [-0.39, 0.29) is 0 Å². The molecule has 0 aliphatic carbocycles. The van der Waals surface area contributed by atoms with Crippen molar-refractivity contribution in [2.24, 2.45) is 0 Å². The van der Waals surface area contributed by atoms with E-state index >= 15 is 0 Å². The maximum absolute atomic E-state index is 4.31. The SMILES string of the molecule is CCn1cc(CN(C)CCN2CCNCC2)cn1. The van der Waals surface area contributed by atoms with Crippen molar-refractivity contribution in [1.29, 1.82) is 0 Å². The molecule has 102 valence electrons. The van der Waals surface area contributed by atoms with Crippen molar-refractivity contribution in [3.63, 3.8) is 0 Å². The predicted octanol–water partition coefficient (Wildman–Crippen LogP) is 0.240. The lowest BCUT2D eigenvalue weighted by atomic mass is 10.3. The quantitative estimate of drug-likeness (QED) is 0.786. The standard InChI is InChI=1S/C13H25N5/c1-3-18-12-13(10-15-18)11-16(2)8-9-17-6-4-14-5-7-17/h10,12,14H,3-9,11H2,1-2H3. The Hall–Kier alpha value is -0.910. The highest BCUT2D eigenvalue weighted by atomic mass is 15.3. The molecule has 0 amide bonds. The average Bonchev–Trinajstić information content (AvgIpc) is 2.85. The molecular weight excluding hydrogens is 226 g/mol. The Labute approximate surface area is 110 Å². The minimum Gasteiger partial charge on any atom is -0.314 e. The summed E-state index contributed by atoms with van der Waals surface area (Å²) in [6.07, 6.45) is 4.12. The molecule has 5 heteroatoms. The minimum absolute atomic E-state index is 0.949. The maximum atomic E-state index is 4.31. The minimum atomic E-state index is 0.949. The third-order valence-corrected chi connectivity index (χ3v) is 3.47. The fraction of sp³-hybridized carbons (Fsp3) is 0.769. The van der Waals surface area contributed by atoms with Gasteiger partial charge in [-0.3, -0.25) is 9.58 Å². The van der Waals surface area contributed by atoms with Crippen LogP contribution in [0.5, 0.6) is 0 Å². The van der Waals surface area contributed by atoms with Crippen molar-refractivity contribution in [2.75, 3.05) is 46.3 Å². The molecule has 0 spiro atoms. The Morgan fingerprint density at radius 2 is 2.17 bits per heavy atom. The van der Waals surface area contributed by atoms with Crippen molar-refractivity contribution in [3.05, 3.63) is 18.0 Å². The molecule has 0 unspecified atom stereocenters. The van der Waals surface area contributed by atoms with E-state index in [0.29, 0.717) is 0 Å². The van der Waals surface area contributed by atoms with Crippen molar-refractivity contribution in [2.45, 2.75) is 20.0 Å². The monoisotopic (exact) mass is 251 g/mol. The third-order valence-electron chi connectivity index (χ3n) is 3.47. The van der Waals surface area contributed by atoms with Gasteiger partial charge in [0.2, 0.25) is 0 Å². The number of likely N-dealkylation sites (N-methyl/N-ethyl adjacent to an activating group) is 1. The number of aryl methyl sites for hydroxylation is 1. The zero-order valence-electron chi connectivity index (χ0n) is 11.6. The number of rotatable bonds is 6. The number of nitrogens with zero attached hydrogens (tertiary/aromatic N) is 4. The summed E-state index contributed by atoms with van der Waals surface area (Å²) in [6.45, 7) is 11.0. The Bertz CT molecular complexity index is 343. The van der Waals surface area contributed by atoms with Crippen LogP contribution in [0.1, 0.15) is 12.5 Å². The van der Waals surface area contributed by atoms with Crippen LogP contribution in [-0.2, 0) is 13.1 Å². The van der Waals surface area contributed by atoms with E-state index in [4.69, 9.17) is 0 Å². The third kappa shape index (κ3) is 4.08. The molecule has 1 N–H and O–H groups in total. The van der Waals surface area contributed by atoms with Crippen molar-refractivity contribution >= 4 is 0 Å². The summed E-state index contributed by atoms with van der Waals surface area (Å²) in [7, 11) is 2.19. The van der Waals surface area contributed by atoms with Crippen LogP contribution in [0.3, 0.4) is 0 Å². The van der Waals surface area contributed by atoms with Crippen LogP contribution < -0.4 is 5.32 Å². The van der Waals surface area contributed by atoms with Crippen LogP contribution in [0.15, 0.2) is 12.4 Å². The first-order valence-corrected chi connectivity index (χ1v) is 6.91. The van der Waals surface area contributed by atoms with Gasteiger partial charge in [0.05, 0.1) is 6.20 Å². The van der Waals surface area contributed by atoms with Gasteiger partial charge in [0.1, 0.15) is 0 Å². The van der Waals surface area contributed by atoms with Gasteiger partial charge >= 0.3 is 0 Å². The van der Waals surface area contributed by atoms with Crippen molar-refractivity contribution in [3.8, 4) is 0 Å². The lowest BCUT2D eigenvalue weighted by Crippen LogP contribution is -2.45. The molecular formula is C13H25N5. The number of piperazine rings is 1. The van der Waals surface area contributed by atoms with Crippen LogP contribution in [0.2, 0.25) is 0 Å². The number of hydrogen-bond acceptors (Lipinski definition) is 4. The van der Waals surface area contributed by atoms with E-state index in [9.17, 15) is 0 Å². The van der Waals surface area contributed by atoms with Crippen LogP contribution in [0, 0.1) is 0 Å². The second kappa shape index (κ2) is 6.87. The molecule has 2 rings (SSSR count). The van der Waals surface area contributed by atoms with E-state index < -0.39 is 0 Å². The molecule has 1 aliphatic heterocycles. The van der Waals surface area contributed by atoms with Gasteiger partial charge in [0.25, 0.3) is 0 Å². The first-order chi connectivity index (χ1) is 8.78. The predicted molar refractivity (Wildman–Crippen MR) is 73.5 cm³/mol. The van der Waals surface area contributed by atoms with E-state index in [1.54, 1.807) is 0 Å². The Morgan fingerprint density at radius 3 is 2.83 bits per heavy atom. The Kier molecular flexibility index (Phi) is 5.16. The van der Waals surface area contributed by atoms with Gasteiger partial charge in [-0.05, 0) is 14.0 Å². The molecule has 1 saturated heterocycles. The van der Waals surface area contributed by atoms with Gasteiger partial charge in [0, 0.05) is 64.1 Å². The van der Waals surface area contributed by atoms with E-state index in [0.717, 1.165) is 32.7 Å². The highest BCUT2D eigenvalue weighted by Gasteiger charge is 2.10. The smallest absolute Gasteiger partial charge is 0.0534 e. The normalized spacial score (nSPS) is 17.5. The van der Waals surface area contributed by atoms with Crippen LogP contribution in [-0.4, -0.2) is 65.9 Å². The highest BCUT2D eigenvalue weighted by Crippen LogP contribution is 2.02. The van der Waals surface area contributed by atoms with Gasteiger partial charge < -0.3 is 10.2 Å². The zero-order chi connectivity index (χ0) is 12.8. The Morgan fingerprint density at radius 1 is 1.39 bits per heavy atom. The maximum Gasteiger partial charge on any atom is 0.0534 e. The van der Waals surface area contributed by atoms with Gasteiger partial charge in [0.15, 0.2) is 0 Å². The summed E-state index contributed by atoms with van der Waals surface area (Å²) in [5.41, 5.74) is 1.31. The van der Waals surface area contributed by atoms with Gasteiger partial charge in [-0.1, -0.05) is 0 Å². The molecule has 0 atom stereocenters. The second-order valence-corrected chi connectivity index (χ2v) is 5.03. The summed E-state index contributed by atoms with van der Waals surface area (Å²) in [5.74, 6) is 0. The Balaban J connectivity index is 1.69. The number of nitrogens with one attached hydrogen (secondary N) is 1. The lowest BCUT2D eigenvalue weighted by molar-refractivity contribution is 0.202. The number of hydrogen-bond donors (Lipinski definition) is 1. The number of aromatic nitrogens is 2. The lowest BCUT2D eigenvalue weighted by Gasteiger charge is -2.28. The highest BCUT2D eigenvalue weighted by molar-refractivity contribution is 5.03. The molecule has 0 bridgehead atoms. The molecule has 0 saturated carbocycles. The summed E-state index contributed by atoms with van der Waals surface area (Å²) in [4.78, 5) is 4.90. The first-order valence-electron chi connectivity index (χ1n) is 6.91. The molecule has 5 nitrogen and oxygen atoms in total. The molecule has 2 heterocycles. The zero-order valence-corrected chi connectivity index (χ0v) is 11.6. The molecule has 0 aromatic carbocycles. The average molecular weight is 251 g/mol. The molecule has 1 fully saturated rings. The molecule has 18 heavy (non-hydrogen) atoms. The van der Waals surface area contributed by atoms with Gasteiger partial charge in [-0.15, -0.1) is 0 Å². The molecule has 1 aliphatic rings. The van der Waals surface area contributed by atoms with Gasteiger partial charge in [-0.25, -0.2) is 0 Å². The van der Waals surface area contributed by atoms with Crippen molar-refractivity contribution < 1.29 is 0 Å². The summed E-state index contributed by atoms with van der Waals surface area (Å²) >= 11 is 0. The van der Waals surface area contributed by atoms with E-state index in [1.807, 2.05) is 10.9 Å². The molecule has 1 aromatic heterocycles. The molecule has 1 aromatic rings. The first kappa shape index (κ1) is 13.5. The largest absolute Gasteiger partial charge is 0.314 e. The second-order valence-electron chi connectivity index (χ2n) is 5.03. The van der Waals surface area contributed by atoms with Crippen LogP contribution in [0.25, 0.3) is 0 Å². The fourth-order valence-electron chi connectivity index (χ4n) is 2.30. The van der Waals surface area contributed by atoms with E-state index in [1.165, 1.54) is 25.2 Å². The summed E-state index contributed by atoms with van der Waals surface area (Å²) in [6, 6.07) is 0. The summed E-state index contributed by atoms with van der Waals surface area (Å²) in [5, 5.41) is 7.69. The van der Waals surface area contributed by atoms with E-state index in [2.05, 4.69) is 40.4 Å². The van der Waals surface area contributed by atoms with Crippen LogP contribution >= 0.6 is 0 Å². The van der Waals surface area contributed by atoms with Crippen molar-refractivity contribution in [1.82, 2.24) is 24.9 Å². The topological polar surface area (TPSA) is 36.3 Å².